The predicted molar refractivity (Wildman–Crippen MR) is 148 cm³/mol. The Morgan fingerprint density at radius 3 is 2.69 bits per heavy atom. The standard InChI is InChI=1S/C27H26Cl2N8O2/c1-16-2-6-18(7-3-16)25-26(29)34-27(33-25)21(13-24(39)30-14-17-4-5-17)32-23(38)11-8-19-12-20(28)9-10-22(19)37-15-31-35-36-37/h2-3,6-12,15,17,21H,4-5,13-14H2,1H3,(H,30,39)(H,32,38)(H,33,34)/b11-8+/t21-/m0/s1. The predicted octanol–water partition coefficient (Wildman–Crippen LogP) is 4.45. The fourth-order valence-electron chi connectivity index (χ4n) is 4.02. The third kappa shape index (κ3) is 6.90. The Morgan fingerprint density at radius 2 is 1.97 bits per heavy atom. The average Bonchev–Trinajstić information content (AvgIpc) is 3.43. The molecule has 0 radical (unpaired) electrons. The van der Waals surface area contributed by atoms with Crippen LogP contribution in [0.25, 0.3) is 23.0 Å². The lowest BCUT2D eigenvalue weighted by Gasteiger charge is -2.16. The van der Waals surface area contributed by atoms with E-state index >= 15 is 0 Å². The summed E-state index contributed by atoms with van der Waals surface area (Å²) in [6.07, 6.45) is 6.65. The zero-order chi connectivity index (χ0) is 27.4. The Balaban J connectivity index is 1.37. The number of aromatic amines is 1. The summed E-state index contributed by atoms with van der Waals surface area (Å²) in [5, 5.41) is 17.9. The van der Waals surface area contributed by atoms with Gasteiger partial charge in [-0.3, -0.25) is 9.59 Å². The molecule has 1 atom stereocenters. The molecule has 0 bridgehead atoms. The highest BCUT2D eigenvalue weighted by Crippen LogP contribution is 2.30. The van der Waals surface area contributed by atoms with Gasteiger partial charge in [0.15, 0.2) is 0 Å². The molecule has 10 nitrogen and oxygen atoms in total. The second kappa shape index (κ2) is 11.8. The van der Waals surface area contributed by atoms with Crippen LogP contribution in [0.3, 0.4) is 0 Å². The van der Waals surface area contributed by atoms with Crippen LogP contribution in [0.4, 0.5) is 0 Å². The summed E-state index contributed by atoms with van der Waals surface area (Å²) in [7, 11) is 0. The van der Waals surface area contributed by atoms with Crippen molar-refractivity contribution in [3.05, 3.63) is 82.0 Å². The number of hydrogen-bond donors (Lipinski definition) is 3. The lowest BCUT2D eigenvalue weighted by atomic mass is 10.1. The van der Waals surface area contributed by atoms with Crippen molar-refractivity contribution in [1.29, 1.82) is 0 Å². The Labute approximate surface area is 234 Å². The number of H-pyrrole nitrogens is 1. The number of amides is 2. The number of carbonyl (C=O) groups excluding carboxylic acids is 2. The Hall–Kier alpha value is -4.02. The number of rotatable bonds is 10. The molecule has 3 N–H and O–H groups in total. The minimum Gasteiger partial charge on any atom is -0.356 e. The van der Waals surface area contributed by atoms with E-state index in [0.29, 0.717) is 45.4 Å². The normalized spacial score (nSPS) is 13.9. The minimum atomic E-state index is -0.739. The molecule has 0 aliphatic heterocycles. The molecule has 1 saturated carbocycles. The number of tetrazole rings is 1. The van der Waals surface area contributed by atoms with E-state index in [4.69, 9.17) is 23.2 Å². The summed E-state index contributed by atoms with van der Waals surface area (Å²) < 4.78 is 1.47. The van der Waals surface area contributed by atoms with Gasteiger partial charge in [0.25, 0.3) is 0 Å². The third-order valence-electron chi connectivity index (χ3n) is 6.32. The van der Waals surface area contributed by atoms with Crippen LogP contribution >= 0.6 is 23.2 Å². The summed E-state index contributed by atoms with van der Waals surface area (Å²) in [6, 6.07) is 12.2. The van der Waals surface area contributed by atoms with E-state index in [1.54, 1.807) is 24.3 Å². The van der Waals surface area contributed by atoms with E-state index in [1.165, 1.54) is 17.1 Å². The van der Waals surface area contributed by atoms with Crippen LogP contribution in [0.2, 0.25) is 10.2 Å². The van der Waals surface area contributed by atoms with Crippen LogP contribution in [0, 0.1) is 12.8 Å². The molecule has 1 fully saturated rings. The van der Waals surface area contributed by atoms with Crippen molar-refractivity contribution in [2.24, 2.45) is 5.92 Å². The van der Waals surface area contributed by atoms with Crippen molar-refractivity contribution in [1.82, 2.24) is 40.8 Å². The molecule has 2 aromatic heterocycles. The monoisotopic (exact) mass is 564 g/mol. The second-order valence-corrected chi connectivity index (χ2v) is 10.3. The van der Waals surface area contributed by atoms with E-state index in [-0.39, 0.29) is 12.3 Å². The zero-order valence-corrected chi connectivity index (χ0v) is 22.6. The van der Waals surface area contributed by atoms with E-state index in [9.17, 15) is 9.59 Å². The first-order valence-corrected chi connectivity index (χ1v) is 13.2. The van der Waals surface area contributed by atoms with Gasteiger partial charge in [0.1, 0.15) is 23.0 Å². The van der Waals surface area contributed by atoms with Gasteiger partial charge in [-0.25, -0.2) is 4.98 Å². The summed E-state index contributed by atoms with van der Waals surface area (Å²) in [4.78, 5) is 33.5. The lowest BCUT2D eigenvalue weighted by molar-refractivity contribution is -0.122. The minimum absolute atomic E-state index is 0.00345. The quantitative estimate of drug-likeness (QED) is 0.244. The molecule has 0 unspecified atom stereocenters. The van der Waals surface area contributed by atoms with E-state index in [1.807, 2.05) is 31.2 Å². The highest BCUT2D eigenvalue weighted by Gasteiger charge is 2.25. The topological polar surface area (TPSA) is 130 Å². The maximum atomic E-state index is 13.1. The lowest BCUT2D eigenvalue weighted by Crippen LogP contribution is -2.34. The molecule has 4 aromatic rings. The molecule has 0 spiro atoms. The largest absolute Gasteiger partial charge is 0.356 e. The molecule has 2 aromatic carbocycles. The molecule has 39 heavy (non-hydrogen) atoms. The van der Waals surface area contributed by atoms with Gasteiger partial charge in [-0.2, -0.15) is 4.68 Å². The highest BCUT2D eigenvalue weighted by atomic mass is 35.5. The average molecular weight is 565 g/mol. The summed E-state index contributed by atoms with van der Waals surface area (Å²) in [5.74, 6) is 0.303. The van der Waals surface area contributed by atoms with Crippen molar-refractivity contribution in [3.8, 4) is 16.9 Å². The van der Waals surface area contributed by atoms with Crippen molar-refractivity contribution in [2.45, 2.75) is 32.2 Å². The zero-order valence-electron chi connectivity index (χ0n) is 21.1. The summed E-state index contributed by atoms with van der Waals surface area (Å²) >= 11 is 12.7. The Morgan fingerprint density at radius 1 is 1.18 bits per heavy atom. The van der Waals surface area contributed by atoms with Gasteiger partial charge >= 0.3 is 0 Å². The first kappa shape index (κ1) is 26.6. The van der Waals surface area contributed by atoms with Crippen LogP contribution < -0.4 is 10.6 Å². The molecular weight excluding hydrogens is 539 g/mol. The van der Waals surface area contributed by atoms with Gasteiger partial charge in [0, 0.05) is 28.8 Å². The van der Waals surface area contributed by atoms with Crippen LogP contribution in [-0.2, 0) is 9.59 Å². The molecular formula is C27H26Cl2N8O2. The first-order chi connectivity index (χ1) is 18.9. The highest BCUT2D eigenvalue weighted by molar-refractivity contribution is 6.32. The molecule has 2 heterocycles. The maximum Gasteiger partial charge on any atom is 0.244 e. The SMILES string of the molecule is Cc1ccc(-c2nc([C@H](CC(=O)NCC3CC3)NC(=O)/C=C/c3cc(Cl)ccc3-n3cnnn3)[nH]c2Cl)cc1. The summed E-state index contributed by atoms with van der Waals surface area (Å²) in [5.41, 5.74) is 3.76. The first-order valence-electron chi connectivity index (χ1n) is 12.5. The summed E-state index contributed by atoms with van der Waals surface area (Å²) in [6.45, 7) is 2.62. The van der Waals surface area contributed by atoms with Crippen molar-refractivity contribution < 1.29 is 9.59 Å². The van der Waals surface area contributed by atoms with Gasteiger partial charge in [0.05, 0.1) is 18.2 Å². The molecule has 1 aliphatic carbocycles. The van der Waals surface area contributed by atoms with Crippen LogP contribution in [0.15, 0.2) is 54.9 Å². The van der Waals surface area contributed by atoms with Crippen molar-refractivity contribution in [3.63, 3.8) is 0 Å². The molecule has 5 rings (SSSR count). The van der Waals surface area contributed by atoms with Crippen LogP contribution in [0.5, 0.6) is 0 Å². The van der Waals surface area contributed by atoms with Gasteiger partial charge in [-0.15, -0.1) is 5.10 Å². The number of hydrogen-bond acceptors (Lipinski definition) is 6. The van der Waals surface area contributed by atoms with Crippen molar-refractivity contribution >= 4 is 41.1 Å². The molecule has 2 amide bonds. The number of imidazole rings is 1. The molecule has 200 valence electrons. The second-order valence-electron chi connectivity index (χ2n) is 9.45. The number of nitrogens with zero attached hydrogens (tertiary/aromatic N) is 5. The Kier molecular flexibility index (Phi) is 8.04. The number of nitrogens with one attached hydrogen (secondary N) is 3. The smallest absolute Gasteiger partial charge is 0.244 e. The Bertz CT molecular complexity index is 1490. The number of aryl methyl sites for hydroxylation is 1. The van der Waals surface area contributed by atoms with Gasteiger partial charge < -0.3 is 15.6 Å². The molecule has 12 heteroatoms. The fourth-order valence-corrected chi connectivity index (χ4v) is 4.44. The van der Waals surface area contributed by atoms with Crippen LogP contribution in [-0.4, -0.2) is 48.5 Å². The maximum absolute atomic E-state index is 13.1. The number of carbonyl (C=O) groups is 2. The number of halogens is 2. The molecule has 1 aliphatic rings. The van der Waals surface area contributed by atoms with Gasteiger partial charge in [-0.1, -0.05) is 53.0 Å². The van der Waals surface area contributed by atoms with Gasteiger partial charge in [-0.05, 0) is 60.4 Å². The van der Waals surface area contributed by atoms with Crippen LogP contribution in [0.1, 0.15) is 42.3 Å². The van der Waals surface area contributed by atoms with Crippen molar-refractivity contribution in [2.75, 3.05) is 6.54 Å². The number of benzene rings is 2. The third-order valence-corrected chi connectivity index (χ3v) is 6.83. The van der Waals surface area contributed by atoms with E-state index in [2.05, 4.69) is 36.1 Å². The van der Waals surface area contributed by atoms with Gasteiger partial charge in [0.2, 0.25) is 11.8 Å². The van der Waals surface area contributed by atoms with E-state index < -0.39 is 11.9 Å². The van der Waals surface area contributed by atoms with E-state index in [0.717, 1.165) is 24.0 Å². The fraction of sp³-hybridized carbons (Fsp3) is 0.259. The number of aromatic nitrogens is 6. The molecule has 0 saturated heterocycles.